The molecule has 1 atom stereocenters. The summed E-state index contributed by atoms with van der Waals surface area (Å²) >= 11 is 0. The van der Waals surface area contributed by atoms with E-state index in [0.29, 0.717) is 0 Å². The molecule has 0 saturated heterocycles. The molecule has 1 unspecified atom stereocenters. The van der Waals surface area contributed by atoms with Crippen LogP contribution in [0.25, 0.3) is 0 Å². The van der Waals surface area contributed by atoms with Crippen LogP contribution in [0.2, 0.25) is 0 Å². The van der Waals surface area contributed by atoms with Crippen molar-refractivity contribution < 1.29 is 22.6 Å². The molecular weight excluding hydrogens is 173 g/mol. The largest absolute Gasteiger partial charge is 0.416 e. The van der Waals surface area contributed by atoms with E-state index in [1.807, 2.05) is 0 Å². The van der Waals surface area contributed by atoms with Crippen LogP contribution in [0.3, 0.4) is 0 Å². The van der Waals surface area contributed by atoms with Gasteiger partial charge in [-0.25, -0.2) is 0 Å². The molecule has 0 aliphatic rings. The fraction of sp³-hybridized carbons (Fsp3) is 1.00. The predicted molar refractivity (Wildman–Crippen MR) is 38.0 cm³/mol. The van der Waals surface area contributed by atoms with Gasteiger partial charge >= 0.3 is 6.18 Å². The first-order chi connectivity index (χ1) is 5.52. The SMILES string of the molecule is CCOCC(OCC)C(F)(F)F. The van der Waals surface area contributed by atoms with Crippen molar-refractivity contribution in [3.63, 3.8) is 0 Å². The van der Waals surface area contributed by atoms with Crippen molar-refractivity contribution in [1.29, 1.82) is 0 Å². The summed E-state index contributed by atoms with van der Waals surface area (Å²) in [6, 6.07) is 0. The number of alkyl halides is 3. The van der Waals surface area contributed by atoms with Crippen molar-refractivity contribution in [3.05, 3.63) is 0 Å². The van der Waals surface area contributed by atoms with Gasteiger partial charge in [-0.05, 0) is 13.8 Å². The Morgan fingerprint density at radius 3 is 2.08 bits per heavy atom. The summed E-state index contributed by atoms with van der Waals surface area (Å²) in [6.07, 6.45) is -6.12. The van der Waals surface area contributed by atoms with Gasteiger partial charge in [0.2, 0.25) is 0 Å². The van der Waals surface area contributed by atoms with Crippen LogP contribution >= 0.6 is 0 Å². The highest BCUT2D eigenvalue weighted by atomic mass is 19.4. The second-order valence-corrected chi connectivity index (χ2v) is 2.15. The Morgan fingerprint density at radius 2 is 1.75 bits per heavy atom. The highest BCUT2D eigenvalue weighted by molar-refractivity contribution is 4.66. The van der Waals surface area contributed by atoms with Gasteiger partial charge in [0.1, 0.15) is 0 Å². The zero-order valence-electron chi connectivity index (χ0n) is 7.15. The second kappa shape index (κ2) is 5.37. The first-order valence-corrected chi connectivity index (χ1v) is 3.78. The first-order valence-electron chi connectivity index (χ1n) is 3.78. The maximum absolute atomic E-state index is 12.0. The van der Waals surface area contributed by atoms with Crippen LogP contribution < -0.4 is 0 Å². The average molecular weight is 186 g/mol. The zero-order valence-corrected chi connectivity index (χ0v) is 7.15. The molecule has 0 fully saturated rings. The molecule has 0 aromatic heterocycles. The van der Waals surface area contributed by atoms with Gasteiger partial charge in [-0.2, -0.15) is 13.2 Å². The Hall–Kier alpha value is -0.290. The highest BCUT2D eigenvalue weighted by Crippen LogP contribution is 2.22. The molecule has 0 aromatic carbocycles. The van der Waals surface area contributed by atoms with Crippen molar-refractivity contribution in [1.82, 2.24) is 0 Å². The molecule has 0 N–H and O–H groups in total. The topological polar surface area (TPSA) is 18.5 Å². The van der Waals surface area contributed by atoms with Crippen LogP contribution in [0.1, 0.15) is 13.8 Å². The Morgan fingerprint density at radius 1 is 1.17 bits per heavy atom. The van der Waals surface area contributed by atoms with Crippen LogP contribution in [0.4, 0.5) is 13.2 Å². The molecule has 74 valence electrons. The van der Waals surface area contributed by atoms with Crippen LogP contribution in [0.15, 0.2) is 0 Å². The van der Waals surface area contributed by atoms with E-state index < -0.39 is 18.9 Å². The third kappa shape index (κ3) is 4.56. The van der Waals surface area contributed by atoms with E-state index in [9.17, 15) is 13.2 Å². The summed E-state index contributed by atoms with van der Waals surface area (Å²) in [5, 5.41) is 0. The maximum atomic E-state index is 12.0. The molecular formula is C7H13F3O2. The van der Waals surface area contributed by atoms with Crippen LogP contribution in [0, 0.1) is 0 Å². The van der Waals surface area contributed by atoms with E-state index in [2.05, 4.69) is 9.47 Å². The third-order valence-corrected chi connectivity index (χ3v) is 1.21. The van der Waals surface area contributed by atoms with Crippen molar-refractivity contribution in [2.45, 2.75) is 26.1 Å². The van der Waals surface area contributed by atoms with Gasteiger partial charge < -0.3 is 9.47 Å². The van der Waals surface area contributed by atoms with Crippen molar-refractivity contribution >= 4 is 0 Å². The normalized spacial score (nSPS) is 14.8. The first kappa shape index (κ1) is 11.7. The maximum Gasteiger partial charge on any atom is 0.416 e. The summed E-state index contributed by atoms with van der Waals surface area (Å²) < 4.78 is 45.2. The Bertz CT molecular complexity index is 114. The van der Waals surface area contributed by atoms with Gasteiger partial charge in [-0.1, -0.05) is 0 Å². The monoisotopic (exact) mass is 186 g/mol. The molecule has 0 radical (unpaired) electrons. The van der Waals surface area contributed by atoms with Gasteiger partial charge in [0.25, 0.3) is 0 Å². The zero-order chi connectivity index (χ0) is 9.61. The van der Waals surface area contributed by atoms with Gasteiger partial charge in [0.15, 0.2) is 6.10 Å². The Balaban J connectivity index is 3.86. The van der Waals surface area contributed by atoms with E-state index >= 15 is 0 Å². The predicted octanol–water partition coefficient (Wildman–Crippen LogP) is 1.99. The third-order valence-electron chi connectivity index (χ3n) is 1.21. The summed E-state index contributed by atoms with van der Waals surface area (Å²) in [5.74, 6) is 0. The summed E-state index contributed by atoms with van der Waals surface area (Å²) in [7, 11) is 0. The number of halogens is 3. The molecule has 0 heterocycles. The van der Waals surface area contributed by atoms with Crippen molar-refractivity contribution in [3.8, 4) is 0 Å². The Labute approximate surface area is 69.7 Å². The molecule has 2 nitrogen and oxygen atoms in total. The molecule has 0 saturated carbocycles. The lowest BCUT2D eigenvalue weighted by atomic mass is 10.3. The van der Waals surface area contributed by atoms with Crippen LogP contribution in [-0.4, -0.2) is 32.1 Å². The highest BCUT2D eigenvalue weighted by Gasteiger charge is 2.40. The smallest absolute Gasteiger partial charge is 0.379 e. The Kier molecular flexibility index (Phi) is 5.24. The minimum absolute atomic E-state index is 0.0389. The molecule has 0 rings (SSSR count). The van der Waals surface area contributed by atoms with Gasteiger partial charge in [-0.3, -0.25) is 0 Å². The summed E-state index contributed by atoms with van der Waals surface area (Å²) in [4.78, 5) is 0. The molecule has 5 heteroatoms. The molecule has 0 bridgehead atoms. The standard InChI is InChI=1S/C7H13F3O2/c1-3-11-5-6(12-4-2)7(8,9)10/h6H,3-5H2,1-2H3. The van der Waals surface area contributed by atoms with E-state index in [0.717, 1.165) is 0 Å². The van der Waals surface area contributed by atoms with Crippen molar-refractivity contribution in [2.75, 3.05) is 19.8 Å². The van der Waals surface area contributed by atoms with Crippen LogP contribution in [0.5, 0.6) is 0 Å². The number of ether oxygens (including phenoxy) is 2. The van der Waals surface area contributed by atoms with Gasteiger partial charge in [0.05, 0.1) is 6.61 Å². The van der Waals surface area contributed by atoms with E-state index in [1.54, 1.807) is 6.92 Å². The van der Waals surface area contributed by atoms with Gasteiger partial charge in [0, 0.05) is 13.2 Å². The summed E-state index contributed by atoms with van der Waals surface area (Å²) in [6.45, 7) is 3.04. The minimum Gasteiger partial charge on any atom is -0.379 e. The molecule has 0 aromatic rings. The lowest BCUT2D eigenvalue weighted by molar-refractivity contribution is -0.232. The van der Waals surface area contributed by atoms with E-state index in [-0.39, 0.29) is 13.2 Å². The lowest BCUT2D eigenvalue weighted by Crippen LogP contribution is -2.36. The molecule has 12 heavy (non-hydrogen) atoms. The summed E-state index contributed by atoms with van der Waals surface area (Å²) in [5.41, 5.74) is 0. The molecule has 0 aliphatic heterocycles. The minimum atomic E-state index is -4.33. The van der Waals surface area contributed by atoms with Crippen molar-refractivity contribution in [2.24, 2.45) is 0 Å². The van der Waals surface area contributed by atoms with E-state index in [1.165, 1.54) is 6.92 Å². The van der Waals surface area contributed by atoms with Crippen LogP contribution in [-0.2, 0) is 9.47 Å². The quantitative estimate of drug-likeness (QED) is 0.653. The number of hydrogen-bond donors (Lipinski definition) is 0. The molecule has 0 spiro atoms. The average Bonchev–Trinajstić information content (AvgIpc) is 1.95. The number of hydrogen-bond acceptors (Lipinski definition) is 2. The fourth-order valence-corrected chi connectivity index (χ4v) is 0.663. The van der Waals surface area contributed by atoms with Gasteiger partial charge in [-0.15, -0.1) is 0 Å². The second-order valence-electron chi connectivity index (χ2n) is 2.15. The molecule has 0 amide bonds. The lowest BCUT2D eigenvalue weighted by Gasteiger charge is -2.19. The molecule has 0 aliphatic carbocycles. The fourth-order valence-electron chi connectivity index (χ4n) is 0.663. The number of rotatable bonds is 5. The van der Waals surface area contributed by atoms with E-state index in [4.69, 9.17) is 0 Å².